The maximum absolute atomic E-state index is 11.2. The van der Waals surface area contributed by atoms with Crippen molar-refractivity contribution >= 4 is 50.5 Å². The number of amides is 1. The Morgan fingerprint density at radius 2 is 1.95 bits per heavy atom. The Kier molecular flexibility index (Phi) is 4.20. The molecule has 104 valence electrons. The fraction of sp³-hybridized carbons (Fsp3) is 0.0714. The van der Waals surface area contributed by atoms with E-state index in [1.165, 1.54) is 0 Å². The van der Waals surface area contributed by atoms with Crippen LogP contribution in [0.15, 0.2) is 34.8 Å². The summed E-state index contributed by atoms with van der Waals surface area (Å²) in [7, 11) is 0. The summed E-state index contributed by atoms with van der Waals surface area (Å²) in [5.41, 5.74) is 14.4. The molecule has 0 bridgehead atoms. The van der Waals surface area contributed by atoms with Gasteiger partial charge in [0.1, 0.15) is 0 Å². The van der Waals surface area contributed by atoms with Gasteiger partial charge in [-0.2, -0.15) is 0 Å². The van der Waals surface area contributed by atoms with Crippen molar-refractivity contribution in [3.05, 3.63) is 51.0 Å². The minimum atomic E-state index is -0.506. The Morgan fingerprint density at radius 1 is 1.25 bits per heavy atom. The molecule has 0 aliphatic carbocycles. The molecule has 0 fully saturated rings. The Hall–Kier alpha value is -1.72. The Morgan fingerprint density at radius 3 is 2.60 bits per heavy atom. The van der Waals surface area contributed by atoms with Gasteiger partial charge in [-0.1, -0.05) is 11.6 Å². The second kappa shape index (κ2) is 5.73. The van der Waals surface area contributed by atoms with Gasteiger partial charge in [-0.25, -0.2) is 0 Å². The molecule has 1 amide bonds. The predicted octanol–water partition coefficient (Wildman–Crippen LogP) is 3.84. The van der Waals surface area contributed by atoms with Gasteiger partial charge in [0.25, 0.3) is 0 Å². The normalized spacial score (nSPS) is 10.3. The first-order chi connectivity index (χ1) is 9.38. The quantitative estimate of drug-likeness (QED) is 0.733. The van der Waals surface area contributed by atoms with Crippen molar-refractivity contribution in [1.29, 1.82) is 0 Å². The number of anilines is 3. The molecule has 0 radical (unpaired) electrons. The average Bonchev–Trinajstić information content (AvgIpc) is 2.38. The monoisotopic (exact) mass is 353 g/mol. The Labute approximate surface area is 130 Å². The minimum Gasteiger partial charge on any atom is -0.397 e. The molecule has 2 rings (SSSR count). The minimum absolute atomic E-state index is 0.385. The van der Waals surface area contributed by atoms with E-state index in [9.17, 15) is 4.79 Å². The smallest absolute Gasteiger partial charge is 0.248 e. The average molecular weight is 355 g/mol. The van der Waals surface area contributed by atoms with E-state index >= 15 is 0 Å². The van der Waals surface area contributed by atoms with E-state index in [2.05, 4.69) is 21.2 Å². The van der Waals surface area contributed by atoms with Crippen LogP contribution in [0.1, 0.15) is 15.9 Å². The Bertz CT molecular complexity index is 688. The topological polar surface area (TPSA) is 81.1 Å². The summed E-state index contributed by atoms with van der Waals surface area (Å²) < 4.78 is 0.850. The second-order valence-corrected chi connectivity index (χ2v) is 5.63. The molecule has 5 N–H and O–H groups in total. The van der Waals surface area contributed by atoms with Crippen LogP contribution in [-0.2, 0) is 0 Å². The molecule has 6 heteroatoms. The molecule has 4 nitrogen and oxygen atoms in total. The molecule has 0 saturated carbocycles. The van der Waals surface area contributed by atoms with Crippen LogP contribution >= 0.6 is 27.5 Å². The number of hydrogen-bond acceptors (Lipinski definition) is 3. The highest BCUT2D eigenvalue weighted by Crippen LogP contribution is 2.33. The summed E-state index contributed by atoms with van der Waals surface area (Å²) in [6.45, 7) is 1.92. The van der Waals surface area contributed by atoms with Crippen molar-refractivity contribution in [2.45, 2.75) is 6.92 Å². The number of benzene rings is 2. The zero-order chi connectivity index (χ0) is 14.9. The van der Waals surface area contributed by atoms with Gasteiger partial charge < -0.3 is 16.8 Å². The summed E-state index contributed by atoms with van der Waals surface area (Å²) >= 11 is 9.56. The van der Waals surface area contributed by atoms with Gasteiger partial charge in [-0.3, -0.25) is 4.79 Å². The first-order valence-electron chi connectivity index (χ1n) is 5.80. The van der Waals surface area contributed by atoms with Gasteiger partial charge >= 0.3 is 0 Å². The Balaban J connectivity index is 2.42. The number of halogens is 2. The van der Waals surface area contributed by atoms with Crippen molar-refractivity contribution in [2.24, 2.45) is 5.73 Å². The summed E-state index contributed by atoms with van der Waals surface area (Å²) in [6, 6.07) is 8.51. The van der Waals surface area contributed by atoms with E-state index in [1.54, 1.807) is 24.3 Å². The van der Waals surface area contributed by atoms with Crippen LogP contribution in [0.3, 0.4) is 0 Å². The number of primary amides is 1. The van der Waals surface area contributed by atoms with Crippen molar-refractivity contribution in [1.82, 2.24) is 0 Å². The number of aryl methyl sites for hydroxylation is 1. The standard InChI is InChI=1S/C14H13BrClN3O/c1-7-4-9(15)12(6-10(7)16)19-13-5-8(14(18)20)2-3-11(13)17/h2-6,19H,17H2,1H3,(H2,18,20). The lowest BCUT2D eigenvalue weighted by molar-refractivity contribution is 0.100. The SMILES string of the molecule is Cc1cc(Br)c(Nc2cc(C(N)=O)ccc2N)cc1Cl. The molecule has 20 heavy (non-hydrogen) atoms. The van der Waals surface area contributed by atoms with Crippen LogP contribution in [-0.4, -0.2) is 5.91 Å². The number of carbonyl (C=O) groups excluding carboxylic acids is 1. The molecule has 0 unspecified atom stereocenters. The second-order valence-electron chi connectivity index (χ2n) is 4.37. The third kappa shape index (κ3) is 3.05. The van der Waals surface area contributed by atoms with Gasteiger partial charge in [0, 0.05) is 15.1 Å². The maximum atomic E-state index is 11.2. The van der Waals surface area contributed by atoms with Crippen molar-refractivity contribution < 1.29 is 4.79 Å². The van der Waals surface area contributed by atoms with Crippen molar-refractivity contribution in [2.75, 3.05) is 11.1 Å². The zero-order valence-corrected chi connectivity index (χ0v) is 13.0. The number of nitrogens with one attached hydrogen (secondary N) is 1. The van der Waals surface area contributed by atoms with E-state index in [4.69, 9.17) is 23.1 Å². The molecule has 0 aliphatic rings. The predicted molar refractivity (Wildman–Crippen MR) is 86.5 cm³/mol. The van der Waals surface area contributed by atoms with Gasteiger partial charge in [0.05, 0.1) is 17.1 Å². The largest absolute Gasteiger partial charge is 0.397 e. The summed E-state index contributed by atoms with van der Waals surface area (Å²) in [6.07, 6.45) is 0. The number of nitrogens with two attached hydrogens (primary N) is 2. The molecule has 0 spiro atoms. The van der Waals surface area contributed by atoms with Crippen LogP contribution in [0.25, 0.3) is 0 Å². The fourth-order valence-electron chi connectivity index (χ4n) is 1.70. The molecule has 0 aromatic heterocycles. The van der Waals surface area contributed by atoms with Crippen molar-refractivity contribution in [3.63, 3.8) is 0 Å². The molecule has 2 aromatic carbocycles. The van der Waals surface area contributed by atoms with E-state index < -0.39 is 5.91 Å². The van der Waals surface area contributed by atoms with E-state index in [1.807, 2.05) is 13.0 Å². The van der Waals surface area contributed by atoms with E-state index in [0.29, 0.717) is 22.0 Å². The number of rotatable bonds is 3. The van der Waals surface area contributed by atoms with Gasteiger partial charge in [0.15, 0.2) is 0 Å². The molecule has 0 atom stereocenters. The molecule has 0 saturated heterocycles. The van der Waals surface area contributed by atoms with Gasteiger partial charge in [-0.05, 0) is 58.7 Å². The highest BCUT2D eigenvalue weighted by Gasteiger charge is 2.09. The summed E-state index contributed by atoms with van der Waals surface area (Å²) in [5, 5.41) is 3.78. The molecule has 2 aromatic rings. The van der Waals surface area contributed by atoms with E-state index in [-0.39, 0.29) is 0 Å². The van der Waals surface area contributed by atoms with Crippen LogP contribution in [0.5, 0.6) is 0 Å². The number of carbonyl (C=O) groups is 1. The maximum Gasteiger partial charge on any atom is 0.248 e. The lowest BCUT2D eigenvalue weighted by Crippen LogP contribution is -2.11. The molecular weight excluding hydrogens is 342 g/mol. The summed E-state index contributed by atoms with van der Waals surface area (Å²) in [5.74, 6) is -0.506. The van der Waals surface area contributed by atoms with Crippen LogP contribution in [0.4, 0.5) is 17.1 Å². The highest BCUT2D eigenvalue weighted by atomic mass is 79.9. The van der Waals surface area contributed by atoms with Crippen LogP contribution < -0.4 is 16.8 Å². The molecule has 0 heterocycles. The first kappa shape index (κ1) is 14.7. The summed E-state index contributed by atoms with van der Waals surface area (Å²) in [4.78, 5) is 11.2. The highest BCUT2D eigenvalue weighted by molar-refractivity contribution is 9.10. The lowest BCUT2D eigenvalue weighted by atomic mass is 10.1. The number of nitrogen functional groups attached to an aromatic ring is 1. The lowest BCUT2D eigenvalue weighted by Gasteiger charge is -2.13. The zero-order valence-electron chi connectivity index (χ0n) is 10.7. The third-order valence-electron chi connectivity index (χ3n) is 2.86. The van der Waals surface area contributed by atoms with Crippen molar-refractivity contribution in [3.8, 4) is 0 Å². The van der Waals surface area contributed by atoms with Gasteiger partial charge in [0.2, 0.25) is 5.91 Å². The third-order valence-corrected chi connectivity index (χ3v) is 3.92. The molecular formula is C14H13BrClN3O. The van der Waals surface area contributed by atoms with Crippen LogP contribution in [0, 0.1) is 6.92 Å². The van der Waals surface area contributed by atoms with E-state index in [0.717, 1.165) is 15.7 Å². The number of hydrogen-bond donors (Lipinski definition) is 3. The molecule has 0 aliphatic heterocycles. The van der Waals surface area contributed by atoms with Gasteiger partial charge in [-0.15, -0.1) is 0 Å². The van der Waals surface area contributed by atoms with Crippen LogP contribution in [0.2, 0.25) is 5.02 Å². The first-order valence-corrected chi connectivity index (χ1v) is 6.97. The fourth-order valence-corrected chi connectivity index (χ4v) is 2.43.